The zero-order valence-electron chi connectivity index (χ0n) is 25.6. The van der Waals surface area contributed by atoms with Crippen LogP contribution in [0.25, 0.3) is 6.08 Å². The summed E-state index contributed by atoms with van der Waals surface area (Å²) >= 11 is 1.79. The quantitative estimate of drug-likeness (QED) is 0.244. The number of carbonyl (C=O) groups is 3. The maximum absolute atomic E-state index is 13.9. The van der Waals surface area contributed by atoms with Crippen molar-refractivity contribution in [3.63, 3.8) is 0 Å². The van der Waals surface area contributed by atoms with Gasteiger partial charge in [-0.2, -0.15) is 0 Å². The van der Waals surface area contributed by atoms with Crippen molar-refractivity contribution in [2.75, 3.05) is 19.6 Å². The molecule has 1 aliphatic heterocycles. The highest BCUT2D eigenvalue weighted by atomic mass is 32.1. The Morgan fingerprint density at radius 3 is 2.39 bits per heavy atom. The monoisotopic (exact) mass is 612 g/mol. The highest BCUT2D eigenvalue weighted by Crippen LogP contribution is 2.30. The first-order valence-corrected chi connectivity index (χ1v) is 16.7. The summed E-state index contributed by atoms with van der Waals surface area (Å²) in [7, 11) is 0. The van der Waals surface area contributed by atoms with Crippen LogP contribution in [0.1, 0.15) is 60.1 Å². The Morgan fingerprint density at radius 2 is 1.70 bits per heavy atom. The summed E-state index contributed by atoms with van der Waals surface area (Å²) < 4.78 is 0. The minimum atomic E-state index is -1.03. The van der Waals surface area contributed by atoms with Crippen LogP contribution in [0.5, 0.6) is 0 Å². The molecule has 0 radical (unpaired) electrons. The van der Waals surface area contributed by atoms with Gasteiger partial charge in [0, 0.05) is 30.5 Å². The van der Waals surface area contributed by atoms with Crippen LogP contribution in [0.2, 0.25) is 0 Å². The van der Waals surface area contributed by atoms with Crippen LogP contribution < -0.4 is 16.0 Å². The Hall–Kier alpha value is -3.75. The molecule has 3 amide bonds. The van der Waals surface area contributed by atoms with Crippen molar-refractivity contribution < 1.29 is 14.4 Å². The molecule has 44 heavy (non-hydrogen) atoms. The van der Waals surface area contributed by atoms with Gasteiger partial charge in [-0.05, 0) is 80.3 Å². The number of benzene rings is 2. The van der Waals surface area contributed by atoms with E-state index in [1.54, 1.807) is 17.4 Å². The van der Waals surface area contributed by atoms with Crippen LogP contribution in [0.3, 0.4) is 0 Å². The van der Waals surface area contributed by atoms with E-state index in [4.69, 9.17) is 0 Å². The van der Waals surface area contributed by atoms with Gasteiger partial charge in [0.1, 0.15) is 11.6 Å². The van der Waals surface area contributed by atoms with E-state index in [0.29, 0.717) is 31.7 Å². The summed E-state index contributed by atoms with van der Waals surface area (Å²) in [6.45, 7) is 5.64. The van der Waals surface area contributed by atoms with E-state index < -0.39 is 11.6 Å². The molecular formula is C36H44N4O3S. The summed E-state index contributed by atoms with van der Waals surface area (Å²) in [5.74, 6) is -0.364. The molecule has 3 aromatic rings. The van der Waals surface area contributed by atoms with Gasteiger partial charge >= 0.3 is 0 Å². The number of rotatable bonds is 12. The van der Waals surface area contributed by atoms with E-state index >= 15 is 0 Å². The molecule has 1 aromatic heterocycles. The fourth-order valence-electron chi connectivity index (χ4n) is 6.21. The van der Waals surface area contributed by atoms with Crippen molar-refractivity contribution in [3.05, 3.63) is 99.8 Å². The van der Waals surface area contributed by atoms with Gasteiger partial charge in [0.2, 0.25) is 17.7 Å². The highest BCUT2D eigenvalue weighted by Gasteiger charge is 2.43. The Kier molecular flexibility index (Phi) is 11.0. The Balaban J connectivity index is 1.19. The van der Waals surface area contributed by atoms with Gasteiger partial charge in [0.05, 0.1) is 0 Å². The van der Waals surface area contributed by atoms with Gasteiger partial charge in [0.25, 0.3) is 0 Å². The number of thiophene rings is 1. The number of piperidine rings is 1. The molecule has 5 rings (SSSR count). The molecule has 8 heteroatoms. The summed E-state index contributed by atoms with van der Waals surface area (Å²) in [5, 5.41) is 11.3. The largest absolute Gasteiger partial charge is 0.354 e. The van der Waals surface area contributed by atoms with Gasteiger partial charge in [-0.15, -0.1) is 11.3 Å². The molecule has 1 saturated carbocycles. The number of hydrogen-bond donors (Lipinski definition) is 3. The molecule has 1 aliphatic carbocycles. The molecule has 2 fully saturated rings. The normalized spacial score (nSPS) is 17.8. The van der Waals surface area contributed by atoms with Crippen molar-refractivity contribution in [1.82, 2.24) is 20.9 Å². The highest BCUT2D eigenvalue weighted by molar-refractivity contribution is 7.09. The molecule has 2 heterocycles. The van der Waals surface area contributed by atoms with E-state index in [2.05, 4.69) is 38.4 Å². The first kappa shape index (κ1) is 31.7. The van der Waals surface area contributed by atoms with Crippen molar-refractivity contribution in [2.45, 2.75) is 70.0 Å². The Morgan fingerprint density at radius 1 is 0.977 bits per heavy atom. The summed E-state index contributed by atoms with van der Waals surface area (Å²) in [6.07, 6.45) is 8.48. The SMILES string of the molecule is Cc1ccc(/C=C/C(=O)NC2(C(=O)N[C@H](Cc3ccccc3)C(=O)NCC3CCN(Cc4cccs4)CC3)CCCC2)cc1. The van der Waals surface area contributed by atoms with Crippen LogP contribution in [-0.2, 0) is 27.3 Å². The minimum absolute atomic E-state index is 0.179. The first-order chi connectivity index (χ1) is 21.4. The number of amides is 3. The fourth-order valence-corrected chi connectivity index (χ4v) is 6.96. The molecule has 3 N–H and O–H groups in total. The maximum atomic E-state index is 13.9. The van der Waals surface area contributed by atoms with Gasteiger partial charge in [-0.1, -0.05) is 79.1 Å². The second-order valence-corrected chi connectivity index (χ2v) is 13.3. The lowest BCUT2D eigenvalue weighted by Crippen LogP contribution is -2.61. The maximum Gasteiger partial charge on any atom is 0.246 e. The predicted octanol–water partition coefficient (Wildman–Crippen LogP) is 5.25. The van der Waals surface area contributed by atoms with E-state index in [-0.39, 0.29) is 17.7 Å². The van der Waals surface area contributed by atoms with Crippen LogP contribution in [0.15, 0.2) is 78.2 Å². The van der Waals surface area contributed by atoms with Crippen molar-refractivity contribution >= 4 is 35.1 Å². The molecule has 0 spiro atoms. The molecule has 0 bridgehead atoms. The first-order valence-electron chi connectivity index (χ1n) is 15.8. The van der Waals surface area contributed by atoms with Gasteiger partial charge in [0.15, 0.2) is 0 Å². The van der Waals surface area contributed by atoms with Gasteiger partial charge in [-0.3, -0.25) is 19.3 Å². The second kappa shape index (κ2) is 15.3. The third-order valence-electron chi connectivity index (χ3n) is 8.89. The number of hydrogen-bond acceptors (Lipinski definition) is 5. The average molecular weight is 613 g/mol. The number of nitrogens with zero attached hydrogens (tertiary/aromatic N) is 1. The lowest BCUT2D eigenvalue weighted by atomic mass is 9.94. The Labute approximate surface area is 265 Å². The zero-order valence-corrected chi connectivity index (χ0v) is 26.4. The van der Waals surface area contributed by atoms with Crippen LogP contribution >= 0.6 is 11.3 Å². The smallest absolute Gasteiger partial charge is 0.246 e. The molecule has 7 nitrogen and oxygen atoms in total. The lowest BCUT2D eigenvalue weighted by Gasteiger charge is -2.33. The van der Waals surface area contributed by atoms with Crippen LogP contribution in [0, 0.1) is 12.8 Å². The fraction of sp³-hybridized carbons (Fsp3) is 0.417. The predicted molar refractivity (Wildman–Crippen MR) is 177 cm³/mol. The molecule has 0 unspecified atom stereocenters. The Bertz CT molecular complexity index is 1390. The molecule has 232 valence electrons. The third-order valence-corrected chi connectivity index (χ3v) is 9.76. The zero-order chi connectivity index (χ0) is 30.8. The van der Waals surface area contributed by atoms with E-state index in [1.165, 1.54) is 11.0 Å². The summed E-state index contributed by atoms with van der Waals surface area (Å²) in [6, 6.07) is 21.2. The molecule has 1 atom stereocenters. The number of nitrogens with one attached hydrogen (secondary N) is 3. The summed E-state index contributed by atoms with van der Waals surface area (Å²) in [4.78, 5) is 44.3. The van der Waals surface area contributed by atoms with Crippen molar-refractivity contribution in [1.29, 1.82) is 0 Å². The molecule has 1 saturated heterocycles. The second-order valence-electron chi connectivity index (χ2n) is 12.3. The lowest BCUT2D eigenvalue weighted by molar-refractivity contribution is -0.135. The van der Waals surface area contributed by atoms with Crippen molar-refractivity contribution in [3.8, 4) is 0 Å². The van der Waals surface area contributed by atoms with Crippen molar-refractivity contribution in [2.24, 2.45) is 5.92 Å². The number of likely N-dealkylation sites (tertiary alicyclic amines) is 1. The number of aryl methyl sites for hydroxylation is 1. The topological polar surface area (TPSA) is 90.5 Å². The van der Waals surface area contributed by atoms with E-state index in [9.17, 15) is 14.4 Å². The van der Waals surface area contributed by atoms with E-state index in [0.717, 1.165) is 62.0 Å². The van der Waals surface area contributed by atoms with Gasteiger partial charge < -0.3 is 16.0 Å². The van der Waals surface area contributed by atoms with E-state index in [1.807, 2.05) is 61.5 Å². The molecule has 2 aliphatic rings. The minimum Gasteiger partial charge on any atom is -0.354 e. The van der Waals surface area contributed by atoms with Gasteiger partial charge in [-0.25, -0.2) is 0 Å². The summed E-state index contributed by atoms with van der Waals surface area (Å²) in [5.41, 5.74) is 2.01. The number of carbonyl (C=O) groups excluding carboxylic acids is 3. The standard InChI is InChI=1S/C36H44N4O3S/c1-27-11-13-28(14-12-27)15-16-33(41)39-36(19-5-6-20-36)35(43)38-32(24-29-8-3-2-4-9-29)34(42)37-25-30-17-21-40(22-18-30)26-31-10-7-23-44-31/h2-4,7-16,23,30,32H,5-6,17-22,24-26H2,1H3,(H,37,42)(H,38,43)(H,39,41)/b16-15+/t32-/m1/s1. The van der Waals surface area contributed by atoms with Crippen LogP contribution in [-0.4, -0.2) is 53.8 Å². The third kappa shape index (κ3) is 8.89. The van der Waals surface area contributed by atoms with Crippen LogP contribution in [0.4, 0.5) is 0 Å². The molecular weight excluding hydrogens is 568 g/mol. The average Bonchev–Trinajstić information content (AvgIpc) is 3.74. The molecule has 2 aromatic carbocycles.